The molecule has 0 saturated carbocycles. The number of pyridine rings is 1. The smallest absolute Gasteiger partial charge is 0.169 e. The van der Waals surface area contributed by atoms with E-state index in [9.17, 15) is 0 Å². The van der Waals surface area contributed by atoms with Crippen molar-refractivity contribution in [3.8, 4) is 5.75 Å². The Hall–Kier alpha value is -2.18. The van der Waals surface area contributed by atoms with Gasteiger partial charge in [0.1, 0.15) is 5.75 Å². The largest absolute Gasteiger partial charge is 0.497 e. The number of rotatable bonds is 7. The van der Waals surface area contributed by atoms with Crippen LogP contribution in [0.3, 0.4) is 0 Å². The molecular weight excluding hydrogens is 358 g/mol. The van der Waals surface area contributed by atoms with Crippen LogP contribution in [0.1, 0.15) is 24.1 Å². The minimum absolute atomic E-state index is 0.388. The molecule has 0 aliphatic carbocycles. The molecule has 2 aromatic rings. The number of hydrogen-bond donors (Lipinski definition) is 1. The van der Waals surface area contributed by atoms with E-state index in [1.807, 2.05) is 30.5 Å². The summed E-state index contributed by atoms with van der Waals surface area (Å²) < 4.78 is 10.7. The lowest BCUT2D eigenvalue weighted by atomic mass is 10.1. The van der Waals surface area contributed by atoms with Gasteiger partial charge in [0.25, 0.3) is 0 Å². The summed E-state index contributed by atoms with van der Waals surface area (Å²) >= 11 is 5.75. The van der Waals surface area contributed by atoms with E-state index in [4.69, 9.17) is 21.7 Å². The Bertz CT molecular complexity index is 703. The predicted octanol–water partition coefficient (Wildman–Crippen LogP) is 3.19. The van der Waals surface area contributed by atoms with Gasteiger partial charge in [-0.2, -0.15) is 0 Å². The summed E-state index contributed by atoms with van der Waals surface area (Å²) in [6, 6.07) is 14.6. The number of nitrogens with zero attached hydrogens (tertiary/aromatic N) is 2. The molecule has 6 heteroatoms. The normalized spacial score (nSPS) is 14.6. The average Bonchev–Trinajstić information content (AvgIpc) is 2.73. The summed E-state index contributed by atoms with van der Waals surface area (Å²) in [5, 5.41) is 4.33. The highest BCUT2D eigenvalue weighted by molar-refractivity contribution is 7.80. The van der Waals surface area contributed by atoms with Crippen molar-refractivity contribution in [3.63, 3.8) is 0 Å². The standard InChI is InChI=1S/C21H27N3O2S/c1-25-20-7-5-17(6-8-20)16-24(13-9-18-4-2-3-12-22-18)21(27)23-19-10-14-26-15-11-19/h2-8,12,19H,9-11,13-16H2,1H3,(H,23,27). The summed E-state index contributed by atoms with van der Waals surface area (Å²) in [6.45, 7) is 3.17. The zero-order valence-corrected chi connectivity index (χ0v) is 16.6. The average molecular weight is 386 g/mol. The van der Waals surface area contributed by atoms with Crippen molar-refractivity contribution in [1.82, 2.24) is 15.2 Å². The second-order valence-corrected chi connectivity index (χ2v) is 7.06. The molecule has 5 nitrogen and oxygen atoms in total. The van der Waals surface area contributed by atoms with E-state index >= 15 is 0 Å². The molecule has 0 spiro atoms. The topological polar surface area (TPSA) is 46.6 Å². The van der Waals surface area contributed by atoms with E-state index < -0.39 is 0 Å². The van der Waals surface area contributed by atoms with Crippen LogP contribution in [0.5, 0.6) is 5.75 Å². The van der Waals surface area contributed by atoms with Gasteiger partial charge in [0.05, 0.1) is 7.11 Å². The minimum atomic E-state index is 0.388. The van der Waals surface area contributed by atoms with Gasteiger partial charge in [-0.15, -0.1) is 0 Å². The third-order valence-corrected chi connectivity index (χ3v) is 5.11. The van der Waals surface area contributed by atoms with Gasteiger partial charge >= 0.3 is 0 Å². The van der Waals surface area contributed by atoms with E-state index in [2.05, 4.69) is 33.4 Å². The molecular formula is C21H27N3O2S. The molecule has 1 aliphatic heterocycles. The second-order valence-electron chi connectivity index (χ2n) is 6.68. The van der Waals surface area contributed by atoms with Gasteiger partial charge in [-0.3, -0.25) is 4.98 Å². The van der Waals surface area contributed by atoms with Gasteiger partial charge in [-0.25, -0.2) is 0 Å². The van der Waals surface area contributed by atoms with E-state index in [1.165, 1.54) is 5.56 Å². The maximum Gasteiger partial charge on any atom is 0.169 e. The van der Waals surface area contributed by atoms with Crippen molar-refractivity contribution in [1.29, 1.82) is 0 Å². The summed E-state index contributed by atoms with van der Waals surface area (Å²) in [7, 11) is 1.68. The van der Waals surface area contributed by atoms with E-state index in [1.54, 1.807) is 7.11 Å². The van der Waals surface area contributed by atoms with Crippen LogP contribution in [0.2, 0.25) is 0 Å². The predicted molar refractivity (Wildman–Crippen MR) is 111 cm³/mol. The lowest BCUT2D eigenvalue weighted by Gasteiger charge is -2.31. The van der Waals surface area contributed by atoms with Gasteiger partial charge in [0.2, 0.25) is 0 Å². The summed E-state index contributed by atoms with van der Waals surface area (Å²) in [6.07, 6.45) is 4.68. The monoisotopic (exact) mass is 385 g/mol. The van der Waals surface area contributed by atoms with Gasteiger partial charge in [-0.1, -0.05) is 18.2 Å². The number of hydrogen-bond acceptors (Lipinski definition) is 4. The first-order valence-electron chi connectivity index (χ1n) is 9.40. The number of nitrogens with one attached hydrogen (secondary N) is 1. The number of thiocarbonyl (C=S) groups is 1. The third-order valence-electron chi connectivity index (χ3n) is 4.73. The van der Waals surface area contributed by atoms with Crippen LogP contribution in [0.4, 0.5) is 0 Å². The highest BCUT2D eigenvalue weighted by atomic mass is 32.1. The maximum absolute atomic E-state index is 5.75. The maximum atomic E-state index is 5.75. The van der Waals surface area contributed by atoms with Gasteiger partial charge in [0, 0.05) is 50.7 Å². The van der Waals surface area contributed by atoms with Crippen LogP contribution in [0.25, 0.3) is 0 Å². The van der Waals surface area contributed by atoms with Crippen LogP contribution < -0.4 is 10.1 Å². The van der Waals surface area contributed by atoms with E-state index in [0.29, 0.717) is 6.04 Å². The molecule has 1 fully saturated rings. The Morgan fingerprint density at radius 2 is 2.00 bits per heavy atom. The second kappa shape index (κ2) is 10.2. The lowest BCUT2D eigenvalue weighted by Crippen LogP contribution is -2.46. The van der Waals surface area contributed by atoms with Crippen molar-refractivity contribution in [2.45, 2.75) is 31.8 Å². The summed E-state index contributed by atoms with van der Waals surface area (Å²) in [4.78, 5) is 6.66. The fourth-order valence-electron chi connectivity index (χ4n) is 3.11. The molecule has 0 bridgehead atoms. The molecule has 144 valence electrons. The fourth-order valence-corrected chi connectivity index (χ4v) is 3.43. The zero-order chi connectivity index (χ0) is 18.9. The van der Waals surface area contributed by atoms with Gasteiger partial charge < -0.3 is 19.7 Å². The fraction of sp³-hybridized carbons (Fsp3) is 0.429. The lowest BCUT2D eigenvalue weighted by molar-refractivity contribution is 0.0817. The molecule has 1 saturated heterocycles. The molecule has 0 amide bonds. The molecule has 27 heavy (non-hydrogen) atoms. The van der Waals surface area contributed by atoms with Crippen molar-refractivity contribution in [3.05, 3.63) is 59.9 Å². The molecule has 1 aromatic heterocycles. The minimum Gasteiger partial charge on any atom is -0.497 e. The van der Waals surface area contributed by atoms with Crippen molar-refractivity contribution in [2.75, 3.05) is 26.9 Å². The van der Waals surface area contributed by atoms with Crippen LogP contribution in [0, 0.1) is 0 Å². The first-order valence-corrected chi connectivity index (χ1v) is 9.81. The molecule has 1 N–H and O–H groups in total. The number of ether oxygens (including phenoxy) is 2. The molecule has 1 aromatic carbocycles. The third kappa shape index (κ3) is 6.19. The van der Waals surface area contributed by atoms with Gasteiger partial charge in [-0.05, 0) is 54.9 Å². The zero-order valence-electron chi connectivity index (χ0n) is 15.8. The number of benzene rings is 1. The Balaban J connectivity index is 1.65. The Morgan fingerprint density at radius 3 is 2.67 bits per heavy atom. The molecule has 3 rings (SSSR count). The van der Waals surface area contributed by atoms with Crippen LogP contribution in [0.15, 0.2) is 48.7 Å². The molecule has 0 unspecified atom stereocenters. The molecule has 0 atom stereocenters. The Morgan fingerprint density at radius 1 is 1.22 bits per heavy atom. The van der Waals surface area contributed by atoms with Crippen molar-refractivity contribution >= 4 is 17.3 Å². The van der Waals surface area contributed by atoms with Crippen molar-refractivity contribution in [2.24, 2.45) is 0 Å². The SMILES string of the molecule is COc1ccc(CN(CCc2ccccn2)C(=S)NC2CCOCC2)cc1. The van der Waals surface area contributed by atoms with E-state index in [0.717, 1.165) is 62.1 Å². The Kier molecular flexibility index (Phi) is 7.42. The summed E-state index contributed by atoms with van der Waals surface area (Å²) in [5.74, 6) is 0.863. The summed E-state index contributed by atoms with van der Waals surface area (Å²) in [5.41, 5.74) is 2.28. The highest BCUT2D eigenvalue weighted by Gasteiger charge is 2.18. The first kappa shape index (κ1) is 19.6. The molecule has 2 heterocycles. The first-order chi connectivity index (χ1) is 13.2. The highest BCUT2D eigenvalue weighted by Crippen LogP contribution is 2.14. The molecule has 1 aliphatic rings. The Labute approximate surface area is 166 Å². The van der Waals surface area contributed by atoms with Crippen molar-refractivity contribution < 1.29 is 9.47 Å². The van der Waals surface area contributed by atoms with Crippen LogP contribution in [-0.4, -0.2) is 47.9 Å². The van der Waals surface area contributed by atoms with Crippen LogP contribution in [-0.2, 0) is 17.7 Å². The molecule has 0 radical (unpaired) electrons. The van der Waals surface area contributed by atoms with Crippen LogP contribution >= 0.6 is 12.2 Å². The number of methoxy groups -OCH3 is 1. The number of aromatic nitrogens is 1. The van der Waals surface area contributed by atoms with Gasteiger partial charge in [0.15, 0.2) is 5.11 Å². The van der Waals surface area contributed by atoms with E-state index in [-0.39, 0.29) is 0 Å². The quantitative estimate of drug-likeness (QED) is 0.739.